The lowest BCUT2D eigenvalue weighted by molar-refractivity contribution is -0.138. The van der Waals surface area contributed by atoms with Crippen LogP contribution in [0, 0.1) is 17.8 Å². The molecule has 2 aromatic carbocycles. The third kappa shape index (κ3) is 3.97. The van der Waals surface area contributed by atoms with Gasteiger partial charge in [0.15, 0.2) is 9.75 Å². The van der Waals surface area contributed by atoms with E-state index in [2.05, 4.69) is 22.5 Å². The van der Waals surface area contributed by atoms with Crippen molar-refractivity contribution >= 4 is 74.5 Å². The first-order valence-electron chi connectivity index (χ1n) is 13.6. The van der Waals surface area contributed by atoms with Gasteiger partial charge in [-0.2, -0.15) is 0 Å². The monoisotopic (exact) mass is 672 g/mol. The van der Waals surface area contributed by atoms with Crippen LogP contribution in [-0.2, 0) is 19.2 Å². The van der Waals surface area contributed by atoms with Gasteiger partial charge in [-0.1, -0.05) is 64.5 Å². The van der Waals surface area contributed by atoms with Crippen molar-refractivity contribution in [2.45, 2.75) is 28.5 Å². The zero-order valence-corrected chi connectivity index (χ0v) is 25.4. The minimum atomic E-state index is -1.87. The molecular weight excluding hydrogens is 647 g/mol. The molecule has 2 aromatic rings. The zero-order chi connectivity index (χ0) is 30.0. The van der Waals surface area contributed by atoms with Gasteiger partial charge in [0.05, 0.1) is 29.6 Å². The summed E-state index contributed by atoms with van der Waals surface area (Å²) < 4.78 is 5.51. The van der Waals surface area contributed by atoms with Gasteiger partial charge in [0.1, 0.15) is 12.4 Å². The summed E-state index contributed by atoms with van der Waals surface area (Å²) in [6.45, 7) is 3.71. The lowest BCUT2D eigenvalue weighted by atomic mass is 9.56. The molecule has 218 valence electrons. The van der Waals surface area contributed by atoms with Crippen LogP contribution in [0.4, 0.5) is 5.69 Å². The summed E-state index contributed by atoms with van der Waals surface area (Å²) in [4.78, 5) is 53.8. The molecule has 2 aliphatic carbocycles. The second-order valence-corrected chi connectivity index (χ2v) is 12.7. The SMILES string of the molecule is C=Cc1ccc(N2C(=O)[C@H]3[C@H](CC=C4[C@H]3C[C@@]3(Cl)C(=O)N(CBr)C(=O)[C@@]3(Cl)[C@H]4c3ccc(OCCO)cc3)C2=O)cc1. The maximum absolute atomic E-state index is 14.1. The number of hydrogen-bond acceptors (Lipinski definition) is 6. The number of likely N-dealkylation sites (tertiary alicyclic amines) is 1. The van der Waals surface area contributed by atoms with Crippen molar-refractivity contribution in [1.82, 2.24) is 4.90 Å². The average molecular weight is 674 g/mol. The van der Waals surface area contributed by atoms with E-state index in [0.29, 0.717) is 22.6 Å². The topological polar surface area (TPSA) is 104 Å². The average Bonchev–Trinajstić information content (AvgIpc) is 3.34. The molecule has 42 heavy (non-hydrogen) atoms. The van der Waals surface area contributed by atoms with Crippen LogP contribution < -0.4 is 9.64 Å². The second-order valence-electron chi connectivity index (χ2n) is 10.9. The van der Waals surface area contributed by atoms with Crippen molar-refractivity contribution in [2.75, 3.05) is 23.6 Å². The van der Waals surface area contributed by atoms with E-state index < -0.39 is 45.2 Å². The molecule has 4 aliphatic rings. The van der Waals surface area contributed by atoms with Crippen LogP contribution in [0.5, 0.6) is 5.75 Å². The van der Waals surface area contributed by atoms with E-state index in [9.17, 15) is 19.2 Å². The number of carbonyl (C=O) groups excluding carboxylic acids is 4. The Balaban J connectivity index is 1.46. The smallest absolute Gasteiger partial charge is 0.254 e. The highest BCUT2D eigenvalue weighted by atomic mass is 79.9. The fourth-order valence-electron chi connectivity index (χ4n) is 7.06. The molecule has 0 bridgehead atoms. The van der Waals surface area contributed by atoms with Crippen LogP contribution in [0.2, 0.25) is 0 Å². The molecule has 6 atom stereocenters. The normalized spacial score (nSPS) is 32.0. The molecule has 2 aliphatic heterocycles. The molecule has 4 amide bonds. The molecular formula is C31H27BrCl2N2O6. The Labute approximate surface area is 261 Å². The molecule has 0 radical (unpaired) electrons. The van der Waals surface area contributed by atoms with Crippen molar-refractivity contribution in [3.63, 3.8) is 0 Å². The number of fused-ring (bicyclic) bond motifs is 4. The highest BCUT2D eigenvalue weighted by Gasteiger charge is 2.76. The van der Waals surface area contributed by atoms with Gasteiger partial charge in [0.25, 0.3) is 11.8 Å². The number of halogens is 3. The fraction of sp³-hybridized carbons (Fsp3) is 0.355. The summed E-state index contributed by atoms with van der Waals surface area (Å²) in [5, 5.41) is 9.11. The number of anilines is 1. The number of aliphatic hydroxyl groups excluding tert-OH is 1. The number of alkyl halides is 3. The predicted octanol–water partition coefficient (Wildman–Crippen LogP) is 4.62. The molecule has 2 heterocycles. The van der Waals surface area contributed by atoms with Crippen LogP contribution in [0.3, 0.4) is 0 Å². The van der Waals surface area contributed by atoms with E-state index in [1.54, 1.807) is 54.6 Å². The van der Waals surface area contributed by atoms with E-state index in [-0.39, 0.29) is 43.3 Å². The summed E-state index contributed by atoms with van der Waals surface area (Å²) in [5.41, 5.74) is 2.56. The van der Waals surface area contributed by atoms with Crippen molar-refractivity contribution in [1.29, 1.82) is 0 Å². The van der Waals surface area contributed by atoms with E-state index >= 15 is 0 Å². The van der Waals surface area contributed by atoms with Crippen molar-refractivity contribution in [3.05, 3.63) is 77.9 Å². The van der Waals surface area contributed by atoms with E-state index in [1.807, 2.05) is 6.08 Å². The van der Waals surface area contributed by atoms with Gasteiger partial charge >= 0.3 is 0 Å². The molecule has 3 fully saturated rings. The van der Waals surface area contributed by atoms with Crippen LogP contribution in [0.1, 0.15) is 29.9 Å². The molecule has 11 heteroatoms. The van der Waals surface area contributed by atoms with Gasteiger partial charge in [-0.3, -0.25) is 29.0 Å². The number of ether oxygens (including phenoxy) is 1. The minimum Gasteiger partial charge on any atom is -0.491 e. The van der Waals surface area contributed by atoms with Crippen LogP contribution >= 0.6 is 39.1 Å². The number of imide groups is 2. The van der Waals surface area contributed by atoms with E-state index in [1.165, 1.54) is 4.90 Å². The van der Waals surface area contributed by atoms with Crippen LogP contribution in [0.15, 0.2) is 66.8 Å². The lowest BCUT2D eigenvalue weighted by Crippen LogP contribution is -2.60. The summed E-state index contributed by atoms with van der Waals surface area (Å²) >= 11 is 17.7. The molecule has 1 N–H and O–H groups in total. The lowest BCUT2D eigenvalue weighted by Gasteiger charge is -2.50. The molecule has 2 saturated heterocycles. The number of benzene rings is 2. The Kier molecular flexibility index (Phi) is 7.37. The van der Waals surface area contributed by atoms with Crippen LogP contribution in [0.25, 0.3) is 6.08 Å². The molecule has 0 unspecified atom stereocenters. The number of rotatable bonds is 7. The molecule has 1 saturated carbocycles. The Hall–Kier alpha value is -2.98. The number of nitrogens with zero attached hydrogens (tertiary/aromatic N) is 2. The Bertz CT molecular complexity index is 1530. The second kappa shape index (κ2) is 10.6. The van der Waals surface area contributed by atoms with E-state index in [0.717, 1.165) is 10.5 Å². The third-order valence-electron chi connectivity index (χ3n) is 8.98. The molecule has 0 spiro atoms. The Morgan fingerprint density at radius 2 is 1.69 bits per heavy atom. The first-order chi connectivity index (χ1) is 20.1. The number of allylic oxidation sites excluding steroid dienone is 2. The summed E-state index contributed by atoms with van der Waals surface area (Å²) in [6, 6.07) is 13.9. The zero-order valence-electron chi connectivity index (χ0n) is 22.3. The van der Waals surface area contributed by atoms with Gasteiger partial charge in [-0.25, -0.2) is 0 Å². The first kappa shape index (κ1) is 29.1. The quantitative estimate of drug-likeness (QED) is 0.199. The number of amides is 4. The van der Waals surface area contributed by atoms with Crippen molar-refractivity contribution < 1.29 is 29.0 Å². The molecule has 6 rings (SSSR count). The summed E-state index contributed by atoms with van der Waals surface area (Å²) in [5.74, 6) is -4.30. The fourth-order valence-corrected chi connectivity index (χ4v) is 8.49. The predicted molar refractivity (Wildman–Crippen MR) is 161 cm³/mol. The van der Waals surface area contributed by atoms with E-state index in [4.69, 9.17) is 33.0 Å². The first-order valence-corrected chi connectivity index (χ1v) is 15.4. The summed E-state index contributed by atoms with van der Waals surface area (Å²) in [6.07, 6.45) is 3.78. The molecule has 8 nitrogen and oxygen atoms in total. The maximum atomic E-state index is 14.1. The van der Waals surface area contributed by atoms with Gasteiger partial charge in [-0.15, -0.1) is 23.2 Å². The highest BCUT2D eigenvalue weighted by molar-refractivity contribution is 9.09. The van der Waals surface area contributed by atoms with Crippen LogP contribution in [-0.4, -0.2) is 62.1 Å². The third-order valence-corrected chi connectivity index (χ3v) is 10.9. The van der Waals surface area contributed by atoms with Crippen molar-refractivity contribution in [3.8, 4) is 5.75 Å². The Morgan fingerprint density at radius 3 is 2.31 bits per heavy atom. The van der Waals surface area contributed by atoms with Gasteiger partial charge < -0.3 is 9.84 Å². The minimum absolute atomic E-state index is 0.0738. The van der Waals surface area contributed by atoms with Gasteiger partial charge in [-0.05, 0) is 54.2 Å². The number of aliphatic hydroxyl groups is 1. The highest BCUT2D eigenvalue weighted by Crippen LogP contribution is 2.65. The largest absolute Gasteiger partial charge is 0.491 e. The van der Waals surface area contributed by atoms with Crippen molar-refractivity contribution in [2.24, 2.45) is 17.8 Å². The van der Waals surface area contributed by atoms with Gasteiger partial charge in [0.2, 0.25) is 11.8 Å². The van der Waals surface area contributed by atoms with Gasteiger partial charge in [0, 0.05) is 5.92 Å². The Morgan fingerprint density at radius 1 is 1.00 bits per heavy atom. The molecule has 0 aromatic heterocycles. The standard InChI is InChI=1S/C31H27BrCl2N2O6/c1-2-17-3-7-19(8-4-17)36-26(38)22-12-11-21-23(24(22)27(36)39)15-30(33)28(40)35(16-32)29(41)31(30,34)25(21)18-5-9-20(10-6-18)42-14-13-37/h2-11,22-25,37H,1,12-16H2/t22-,23+,24-,25-,30+,31-/m0/s1. The number of hydrogen-bond donors (Lipinski definition) is 1. The maximum Gasteiger partial charge on any atom is 0.254 e. The summed E-state index contributed by atoms with van der Waals surface area (Å²) in [7, 11) is 0. The number of carbonyl (C=O) groups is 4.